The van der Waals surface area contributed by atoms with Crippen LogP contribution < -0.4 is 4.74 Å². The second-order valence-electron chi connectivity index (χ2n) is 4.45. The number of para-hydroxylation sites is 1. The molecule has 0 fully saturated rings. The van der Waals surface area contributed by atoms with Crippen molar-refractivity contribution in [3.05, 3.63) is 41.7 Å². The van der Waals surface area contributed by atoms with E-state index in [-0.39, 0.29) is 18.3 Å². The van der Waals surface area contributed by atoms with Crippen LogP contribution in [0.15, 0.2) is 35.6 Å². The number of carbonyl (C=O) groups is 1. The van der Waals surface area contributed by atoms with E-state index in [1.165, 1.54) is 18.9 Å². The van der Waals surface area contributed by atoms with Gasteiger partial charge in [0.2, 0.25) is 0 Å². The topological polar surface area (TPSA) is 73.6 Å². The maximum atomic E-state index is 11.3. The minimum absolute atomic E-state index is 0.124. The number of carbonyl (C=O) groups excluding carboxylic acids is 1. The molecule has 0 atom stereocenters. The molecule has 1 N–H and O–H groups in total. The first kappa shape index (κ1) is 16.4. The number of aliphatic hydroxyl groups excluding tert-OH is 1. The number of methoxy groups -OCH3 is 2. The molecule has 0 radical (unpaired) electrons. The summed E-state index contributed by atoms with van der Waals surface area (Å²) >= 11 is 1.27. The van der Waals surface area contributed by atoms with Gasteiger partial charge in [-0.2, -0.15) is 0 Å². The van der Waals surface area contributed by atoms with Crippen LogP contribution in [0.3, 0.4) is 0 Å². The van der Waals surface area contributed by atoms with Gasteiger partial charge < -0.3 is 19.1 Å². The van der Waals surface area contributed by atoms with Crippen LogP contribution in [0.2, 0.25) is 0 Å². The first-order valence-corrected chi connectivity index (χ1v) is 7.65. The number of esters is 1. The van der Waals surface area contributed by atoms with E-state index in [0.29, 0.717) is 17.4 Å². The van der Waals surface area contributed by atoms with E-state index in [2.05, 4.69) is 9.72 Å². The Labute approximate surface area is 133 Å². The fourth-order valence-corrected chi connectivity index (χ4v) is 2.82. The van der Waals surface area contributed by atoms with Crippen molar-refractivity contribution in [2.24, 2.45) is 0 Å². The van der Waals surface area contributed by atoms with Crippen LogP contribution in [-0.2, 0) is 22.7 Å². The van der Waals surface area contributed by atoms with Crippen molar-refractivity contribution in [2.45, 2.75) is 18.3 Å². The van der Waals surface area contributed by atoms with Crippen LogP contribution in [0.25, 0.3) is 0 Å². The second-order valence-corrected chi connectivity index (χ2v) is 5.40. The monoisotopic (exact) mass is 322 g/mol. The van der Waals surface area contributed by atoms with Crippen LogP contribution in [0.4, 0.5) is 0 Å². The number of hydrogen-bond donors (Lipinski definition) is 1. The molecule has 6 nitrogen and oxygen atoms in total. The summed E-state index contributed by atoms with van der Waals surface area (Å²) in [5, 5.41) is 10.1. The zero-order valence-corrected chi connectivity index (χ0v) is 13.3. The first-order chi connectivity index (χ1) is 10.7. The largest absolute Gasteiger partial charge is 0.496 e. The van der Waals surface area contributed by atoms with E-state index >= 15 is 0 Å². The minimum Gasteiger partial charge on any atom is -0.496 e. The molecule has 1 heterocycles. The van der Waals surface area contributed by atoms with Gasteiger partial charge in [0.25, 0.3) is 0 Å². The molecule has 2 rings (SSSR count). The SMILES string of the molecule is COC(=O)CSc1ncc(CO)n1Cc1ccccc1OC. The Bertz CT molecular complexity index is 642. The van der Waals surface area contributed by atoms with Gasteiger partial charge in [0.05, 0.1) is 45.0 Å². The Hall–Kier alpha value is -1.99. The molecule has 1 aromatic carbocycles. The summed E-state index contributed by atoms with van der Waals surface area (Å²) in [7, 11) is 2.97. The summed E-state index contributed by atoms with van der Waals surface area (Å²) in [6, 6.07) is 7.66. The molecule has 0 saturated carbocycles. The molecule has 0 bridgehead atoms. The van der Waals surface area contributed by atoms with E-state index in [0.717, 1.165) is 11.3 Å². The Morgan fingerprint density at radius 2 is 2.14 bits per heavy atom. The van der Waals surface area contributed by atoms with Crippen LogP contribution in [0, 0.1) is 0 Å². The van der Waals surface area contributed by atoms with Crippen molar-refractivity contribution in [3.8, 4) is 5.75 Å². The third-order valence-electron chi connectivity index (χ3n) is 3.13. The van der Waals surface area contributed by atoms with E-state index in [9.17, 15) is 9.90 Å². The number of imidazole rings is 1. The van der Waals surface area contributed by atoms with E-state index in [1.807, 2.05) is 28.8 Å². The molecule has 0 unspecified atom stereocenters. The number of aromatic nitrogens is 2. The van der Waals surface area contributed by atoms with Gasteiger partial charge in [-0.25, -0.2) is 4.98 Å². The molecule has 0 aliphatic rings. The molecule has 22 heavy (non-hydrogen) atoms. The predicted molar refractivity (Wildman–Crippen MR) is 83.0 cm³/mol. The zero-order valence-electron chi connectivity index (χ0n) is 12.5. The molecule has 2 aromatic rings. The first-order valence-electron chi connectivity index (χ1n) is 6.66. The normalized spacial score (nSPS) is 10.5. The molecule has 0 amide bonds. The number of aliphatic hydroxyl groups is 1. The molecule has 1 aromatic heterocycles. The van der Waals surface area contributed by atoms with Crippen LogP contribution in [0.5, 0.6) is 5.75 Å². The summed E-state index contributed by atoms with van der Waals surface area (Å²) < 4.78 is 11.8. The van der Waals surface area contributed by atoms with Gasteiger partial charge in [-0.1, -0.05) is 30.0 Å². The smallest absolute Gasteiger partial charge is 0.316 e. The van der Waals surface area contributed by atoms with Gasteiger partial charge in [-0.3, -0.25) is 4.79 Å². The lowest BCUT2D eigenvalue weighted by atomic mass is 10.2. The highest BCUT2D eigenvalue weighted by molar-refractivity contribution is 7.99. The quantitative estimate of drug-likeness (QED) is 0.618. The summed E-state index contributed by atoms with van der Waals surface area (Å²) in [4.78, 5) is 15.5. The van der Waals surface area contributed by atoms with Crippen molar-refractivity contribution < 1.29 is 19.4 Å². The number of thioether (sulfide) groups is 1. The summed E-state index contributed by atoms with van der Waals surface area (Å²) in [6.07, 6.45) is 1.61. The lowest BCUT2D eigenvalue weighted by Crippen LogP contribution is -2.09. The van der Waals surface area contributed by atoms with Gasteiger partial charge in [-0.15, -0.1) is 0 Å². The summed E-state index contributed by atoms with van der Waals surface area (Å²) in [5.41, 5.74) is 1.65. The molecule has 0 aliphatic carbocycles. The van der Waals surface area contributed by atoms with E-state index in [1.54, 1.807) is 13.3 Å². The Kier molecular flexibility index (Phi) is 5.85. The lowest BCUT2D eigenvalue weighted by Gasteiger charge is -2.13. The van der Waals surface area contributed by atoms with Crippen LogP contribution in [0.1, 0.15) is 11.3 Å². The van der Waals surface area contributed by atoms with Crippen molar-refractivity contribution >= 4 is 17.7 Å². The lowest BCUT2D eigenvalue weighted by molar-refractivity contribution is -0.137. The molecule has 0 aliphatic heterocycles. The van der Waals surface area contributed by atoms with Crippen molar-refractivity contribution in [2.75, 3.05) is 20.0 Å². The second kappa shape index (κ2) is 7.86. The minimum atomic E-state index is -0.317. The number of nitrogens with zero attached hydrogens (tertiary/aromatic N) is 2. The fourth-order valence-electron chi connectivity index (χ4n) is 1.99. The summed E-state index contributed by atoms with van der Waals surface area (Å²) in [5.74, 6) is 0.621. The van der Waals surface area contributed by atoms with Gasteiger partial charge >= 0.3 is 5.97 Å². The van der Waals surface area contributed by atoms with Crippen molar-refractivity contribution in [1.29, 1.82) is 0 Å². The summed E-state index contributed by atoms with van der Waals surface area (Å²) in [6.45, 7) is 0.379. The predicted octanol–water partition coefficient (Wildman–Crippen LogP) is 1.70. The molecule has 7 heteroatoms. The third kappa shape index (κ3) is 3.80. The van der Waals surface area contributed by atoms with Crippen LogP contribution in [-0.4, -0.2) is 40.6 Å². The van der Waals surface area contributed by atoms with Gasteiger partial charge in [0.15, 0.2) is 5.16 Å². The molecule has 0 saturated heterocycles. The maximum absolute atomic E-state index is 11.3. The van der Waals surface area contributed by atoms with Gasteiger partial charge in [0, 0.05) is 5.56 Å². The highest BCUT2D eigenvalue weighted by Gasteiger charge is 2.14. The Morgan fingerprint density at radius 1 is 1.36 bits per heavy atom. The third-order valence-corrected chi connectivity index (χ3v) is 4.10. The zero-order chi connectivity index (χ0) is 15.9. The number of ether oxygens (including phenoxy) is 2. The number of hydrogen-bond acceptors (Lipinski definition) is 6. The van der Waals surface area contributed by atoms with Crippen molar-refractivity contribution in [3.63, 3.8) is 0 Å². The Balaban J connectivity index is 2.24. The highest BCUT2D eigenvalue weighted by Crippen LogP contribution is 2.24. The maximum Gasteiger partial charge on any atom is 0.316 e. The molecular weight excluding hydrogens is 304 g/mol. The molecule has 118 valence electrons. The van der Waals surface area contributed by atoms with E-state index < -0.39 is 0 Å². The molecular formula is C15H18N2O4S. The average molecular weight is 322 g/mol. The van der Waals surface area contributed by atoms with Crippen molar-refractivity contribution in [1.82, 2.24) is 9.55 Å². The van der Waals surface area contributed by atoms with Crippen LogP contribution >= 0.6 is 11.8 Å². The van der Waals surface area contributed by atoms with Gasteiger partial charge in [-0.05, 0) is 6.07 Å². The number of rotatable bonds is 7. The molecule has 0 spiro atoms. The highest BCUT2D eigenvalue weighted by atomic mass is 32.2. The fraction of sp³-hybridized carbons (Fsp3) is 0.333. The Morgan fingerprint density at radius 3 is 2.82 bits per heavy atom. The van der Waals surface area contributed by atoms with E-state index in [4.69, 9.17) is 4.74 Å². The number of benzene rings is 1. The standard InChI is InChI=1S/C15H18N2O4S/c1-20-13-6-4-3-5-11(13)8-17-12(9-18)7-16-15(17)22-10-14(19)21-2/h3-7,18H,8-10H2,1-2H3. The van der Waals surface area contributed by atoms with Gasteiger partial charge in [0.1, 0.15) is 5.75 Å². The average Bonchev–Trinajstić information content (AvgIpc) is 2.95.